The van der Waals surface area contributed by atoms with Crippen molar-refractivity contribution in [3.05, 3.63) is 0 Å². The number of rotatable bonds is 2. The maximum Gasteiger partial charge on any atom is 0.133 e. The maximum absolute atomic E-state index is 11.0. The second-order valence-electron chi connectivity index (χ2n) is 3.28. The van der Waals surface area contributed by atoms with Crippen LogP contribution in [0.4, 0.5) is 0 Å². The third-order valence-electron chi connectivity index (χ3n) is 2.70. The van der Waals surface area contributed by atoms with E-state index in [9.17, 15) is 4.79 Å². The van der Waals surface area contributed by atoms with Crippen LogP contribution in [0.5, 0.6) is 0 Å². The number of hydrogen-bond acceptors (Lipinski definition) is 1. The third kappa shape index (κ3) is 1.39. The van der Waals surface area contributed by atoms with E-state index in [1.165, 1.54) is 12.8 Å². The van der Waals surface area contributed by atoms with E-state index in [0.717, 1.165) is 12.8 Å². The highest BCUT2D eigenvalue weighted by molar-refractivity contribution is 5.81. The molecular weight excluding hydrogens is 124 g/mol. The first kappa shape index (κ1) is 7.77. The molecule has 0 saturated heterocycles. The Bertz CT molecular complexity index is 115. The SMILES string of the molecule is CCC1CC(=O)C[C@H]1CC. The average Bonchev–Trinajstić information content (AvgIpc) is 2.30. The lowest BCUT2D eigenvalue weighted by atomic mass is 9.92. The Morgan fingerprint density at radius 1 is 1.20 bits per heavy atom. The minimum absolute atomic E-state index is 0.485. The summed E-state index contributed by atoms with van der Waals surface area (Å²) in [7, 11) is 0. The Morgan fingerprint density at radius 3 is 1.90 bits per heavy atom. The smallest absolute Gasteiger partial charge is 0.133 e. The molecule has 0 bridgehead atoms. The normalized spacial score (nSPS) is 33.2. The molecule has 0 N–H and O–H groups in total. The standard InChI is InChI=1S/C9H16O/c1-3-7-5-9(10)6-8(7)4-2/h7-8H,3-6H2,1-2H3/t7-,8?/m1/s1. The molecule has 1 nitrogen and oxygen atoms in total. The number of hydrogen-bond donors (Lipinski definition) is 0. The molecule has 1 saturated carbocycles. The summed E-state index contributed by atoms with van der Waals surface area (Å²) in [5.74, 6) is 1.90. The molecule has 0 aliphatic heterocycles. The zero-order chi connectivity index (χ0) is 7.56. The fourth-order valence-electron chi connectivity index (χ4n) is 1.96. The van der Waals surface area contributed by atoms with E-state index < -0.39 is 0 Å². The van der Waals surface area contributed by atoms with Crippen molar-refractivity contribution in [3.63, 3.8) is 0 Å². The second-order valence-corrected chi connectivity index (χ2v) is 3.28. The monoisotopic (exact) mass is 140 g/mol. The molecule has 1 aliphatic rings. The Labute approximate surface area is 62.8 Å². The highest BCUT2D eigenvalue weighted by atomic mass is 16.1. The van der Waals surface area contributed by atoms with E-state index in [2.05, 4.69) is 13.8 Å². The summed E-state index contributed by atoms with van der Waals surface area (Å²) >= 11 is 0. The molecular formula is C9H16O. The Hall–Kier alpha value is -0.330. The molecule has 1 unspecified atom stereocenters. The molecule has 0 amide bonds. The van der Waals surface area contributed by atoms with Crippen molar-refractivity contribution < 1.29 is 4.79 Å². The van der Waals surface area contributed by atoms with Gasteiger partial charge in [-0.2, -0.15) is 0 Å². The second kappa shape index (κ2) is 3.18. The summed E-state index contributed by atoms with van der Waals surface area (Å²) in [6.45, 7) is 4.37. The van der Waals surface area contributed by atoms with Gasteiger partial charge >= 0.3 is 0 Å². The lowest BCUT2D eigenvalue weighted by Crippen LogP contribution is -2.04. The van der Waals surface area contributed by atoms with Gasteiger partial charge in [0.2, 0.25) is 0 Å². The molecule has 0 spiro atoms. The highest BCUT2D eigenvalue weighted by Crippen LogP contribution is 2.33. The summed E-state index contributed by atoms with van der Waals surface area (Å²) in [6.07, 6.45) is 4.08. The van der Waals surface area contributed by atoms with Gasteiger partial charge in [0.25, 0.3) is 0 Å². The van der Waals surface area contributed by atoms with Gasteiger partial charge < -0.3 is 0 Å². The van der Waals surface area contributed by atoms with E-state index >= 15 is 0 Å². The summed E-state index contributed by atoms with van der Waals surface area (Å²) in [5.41, 5.74) is 0. The van der Waals surface area contributed by atoms with Crippen molar-refractivity contribution in [2.75, 3.05) is 0 Å². The quantitative estimate of drug-likeness (QED) is 0.575. The molecule has 0 radical (unpaired) electrons. The fourth-order valence-corrected chi connectivity index (χ4v) is 1.96. The van der Waals surface area contributed by atoms with Gasteiger partial charge in [0.1, 0.15) is 5.78 Å². The number of carbonyl (C=O) groups excluding carboxylic acids is 1. The van der Waals surface area contributed by atoms with E-state index in [0.29, 0.717) is 17.6 Å². The van der Waals surface area contributed by atoms with Gasteiger partial charge in [-0.25, -0.2) is 0 Å². The Morgan fingerprint density at radius 2 is 1.60 bits per heavy atom. The van der Waals surface area contributed by atoms with Crippen LogP contribution in [0.3, 0.4) is 0 Å². The fraction of sp³-hybridized carbons (Fsp3) is 0.889. The molecule has 1 aliphatic carbocycles. The van der Waals surface area contributed by atoms with Gasteiger partial charge in [-0.05, 0) is 11.8 Å². The largest absolute Gasteiger partial charge is 0.300 e. The molecule has 0 aromatic heterocycles. The van der Waals surface area contributed by atoms with Gasteiger partial charge in [-0.1, -0.05) is 26.7 Å². The lowest BCUT2D eigenvalue weighted by Gasteiger charge is -2.13. The van der Waals surface area contributed by atoms with Crippen molar-refractivity contribution in [3.8, 4) is 0 Å². The first-order chi connectivity index (χ1) is 4.77. The van der Waals surface area contributed by atoms with Gasteiger partial charge in [-0.15, -0.1) is 0 Å². The van der Waals surface area contributed by atoms with E-state index in [-0.39, 0.29) is 0 Å². The average molecular weight is 140 g/mol. The molecule has 0 aromatic rings. The topological polar surface area (TPSA) is 17.1 Å². The summed E-state index contributed by atoms with van der Waals surface area (Å²) < 4.78 is 0. The number of ketones is 1. The predicted octanol–water partition coefficient (Wildman–Crippen LogP) is 2.40. The minimum atomic E-state index is 0.485. The van der Waals surface area contributed by atoms with Crippen LogP contribution in [-0.2, 0) is 4.79 Å². The van der Waals surface area contributed by atoms with Crippen LogP contribution < -0.4 is 0 Å². The molecule has 1 heteroatoms. The molecule has 0 heterocycles. The van der Waals surface area contributed by atoms with Crippen molar-refractivity contribution in [2.45, 2.75) is 39.5 Å². The van der Waals surface area contributed by atoms with Gasteiger partial charge in [0, 0.05) is 12.8 Å². The number of Topliss-reactive ketones (excluding diaryl/α,β-unsaturated/α-hetero) is 1. The van der Waals surface area contributed by atoms with Crippen LogP contribution in [0.2, 0.25) is 0 Å². The van der Waals surface area contributed by atoms with Crippen LogP contribution in [0, 0.1) is 11.8 Å². The van der Waals surface area contributed by atoms with Crippen LogP contribution in [0.15, 0.2) is 0 Å². The third-order valence-corrected chi connectivity index (χ3v) is 2.70. The zero-order valence-electron chi connectivity index (χ0n) is 6.89. The Balaban J connectivity index is 2.48. The van der Waals surface area contributed by atoms with Gasteiger partial charge in [0.15, 0.2) is 0 Å². The first-order valence-electron chi connectivity index (χ1n) is 4.29. The summed E-state index contributed by atoms with van der Waals surface area (Å²) in [6, 6.07) is 0. The molecule has 2 atom stereocenters. The molecule has 1 rings (SSSR count). The maximum atomic E-state index is 11.0. The minimum Gasteiger partial charge on any atom is -0.300 e. The van der Waals surface area contributed by atoms with Crippen molar-refractivity contribution in [1.29, 1.82) is 0 Å². The summed E-state index contributed by atoms with van der Waals surface area (Å²) in [5, 5.41) is 0. The van der Waals surface area contributed by atoms with Crippen molar-refractivity contribution in [1.82, 2.24) is 0 Å². The zero-order valence-corrected chi connectivity index (χ0v) is 6.89. The predicted molar refractivity (Wildman–Crippen MR) is 41.8 cm³/mol. The molecule has 1 fully saturated rings. The molecule has 0 aromatic carbocycles. The molecule has 10 heavy (non-hydrogen) atoms. The lowest BCUT2D eigenvalue weighted by molar-refractivity contribution is -0.117. The van der Waals surface area contributed by atoms with E-state index in [1.807, 2.05) is 0 Å². The van der Waals surface area contributed by atoms with Gasteiger partial charge in [0.05, 0.1) is 0 Å². The van der Waals surface area contributed by atoms with Crippen LogP contribution in [0.25, 0.3) is 0 Å². The van der Waals surface area contributed by atoms with E-state index in [1.54, 1.807) is 0 Å². The van der Waals surface area contributed by atoms with Gasteiger partial charge in [-0.3, -0.25) is 4.79 Å². The van der Waals surface area contributed by atoms with Crippen LogP contribution >= 0.6 is 0 Å². The van der Waals surface area contributed by atoms with E-state index in [4.69, 9.17) is 0 Å². The first-order valence-corrected chi connectivity index (χ1v) is 4.29. The van der Waals surface area contributed by atoms with Crippen molar-refractivity contribution >= 4 is 5.78 Å². The van der Waals surface area contributed by atoms with Crippen LogP contribution in [0.1, 0.15) is 39.5 Å². The number of carbonyl (C=O) groups is 1. The highest BCUT2D eigenvalue weighted by Gasteiger charge is 2.29. The van der Waals surface area contributed by atoms with Crippen molar-refractivity contribution in [2.24, 2.45) is 11.8 Å². The Kier molecular flexibility index (Phi) is 2.47. The van der Waals surface area contributed by atoms with Crippen LogP contribution in [-0.4, -0.2) is 5.78 Å². The molecule has 58 valence electrons. The summed E-state index contributed by atoms with van der Waals surface area (Å²) in [4.78, 5) is 11.0.